The molecular formula is C37H42FN3O5S. The fourth-order valence-corrected chi connectivity index (χ4v) is 6.44. The lowest BCUT2D eigenvalue weighted by molar-refractivity contribution is -0.140. The summed E-state index contributed by atoms with van der Waals surface area (Å²) < 4.78 is 48.9. The van der Waals surface area contributed by atoms with Gasteiger partial charge in [0, 0.05) is 19.0 Å². The number of rotatable bonds is 15. The Bertz CT molecular complexity index is 1720. The zero-order valence-electron chi connectivity index (χ0n) is 27.2. The van der Waals surface area contributed by atoms with E-state index in [0.29, 0.717) is 24.3 Å². The number of amides is 2. The second-order valence-electron chi connectivity index (χ2n) is 11.4. The van der Waals surface area contributed by atoms with Crippen LogP contribution in [0.5, 0.6) is 5.75 Å². The Hall–Kier alpha value is -4.70. The van der Waals surface area contributed by atoms with Crippen molar-refractivity contribution in [1.82, 2.24) is 10.2 Å². The van der Waals surface area contributed by atoms with E-state index < -0.39 is 34.3 Å². The lowest BCUT2D eigenvalue weighted by Gasteiger charge is -2.34. The lowest BCUT2D eigenvalue weighted by Crippen LogP contribution is -2.54. The quantitative estimate of drug-likeness (QED) is 0.162. The number of hydrogen-bond acceptors (Lipinski definition) is 5. The van der Waals surface area contributed by atoms with Gasteiger partial charge >= 0.3 is 0 Å². The average Bonchev–Trinajstić information content (AvgIpc) is 3.07. The molecule has 0 saturated heterocycles. The van der Waals surface area contributed by atoms with Gasteiger partial charge in [-0.1, -0.05) is 67.1 Å². The Kier molecular flexibility index (Phi) is 12.1. The van der Waals surface area contributed by atoms with Crippen molar-refractivity contribution in [2.24, 2.45) is 0 Å². The third-order valence-electron chi connectivity index (χ3n) is 7.86. The molecule has 47 heavy (non-hydrogen) atoms. The summed E-state index contributed by atoms with van der Waals surface area (Å²) in [4.78, 5) is 29.8. The predicted octanol–water partition coefficient (Wildman–Crippen LogP) is 6.28. The molecule has 4 aromatic carbocycles. The van der Waals surface area contributed by atoms with Gasteiger partial charge in [0.25, 0.3) is 10.0 Å². The Morgan fingerprint density at radius 2 is 1.49 bits per heavy atom. The minimum absolute atomic E-state index is 0.0187. The standard InChI is InChI=1S/C37H42FN3O5S/c1-5-28(4)39-37(43)35(24-29-10-8-7-9-11-29)40(25-30-14-16-31(38)17-15-30)36(42)26-41(32-18-20-33(21-19-32)46-6-2)47(44,45)34-22-12-27(3)13-23-34/h7-23,28,35H,5-6,24-26H2,1-4H3,(H,39,43)/t28-,35+/m1/s1. The molecule has 0 fully saturated rings. The molecule has 1 N–H and O–H groups in total. The van der Waals surface area contributed by atoms with Gasteiger partial charge in [-0.2, -0.15) is 0 Å². The van der Waals surface area contributed by atoms with Crippen LogP contribution in [0.15, 0.2) is 108 Å². The highest BCUT2D eigenvalue weighted by atomic mass is 32.2. The van der Waals surface area contributed by atoms with Gasteiger partial charge in [-0.25, -0.2) is 12.8 Å². The molecule has 2 atom stereocenters. The smallest absolute Gasteiger partial charge is 0.264 e. The van der Waals surface area contributed by atoms with E-state index in [1.165, 1.54) is 29.2 Å². The number of sulfonamides is 1. The van der Waals surface area contributed by atoms with Gasteiger partial charge in [-0.3, -0.25) is 13.9 Å². The van der Waals surface area contributed by atoms with Crippen molar-refractivity contribution in [3.05, 3.63) is 126 Å². The Labute approximate surface area is 277 Å². The van der Waals surface area contributed by atoms with Crippen LogP contribution in [-0.2, 0) is 32.6 Å². The molecule has 0 saturated carbocycles. The molecule has 4 rings (SSSR count). The van der Waals surface area contributed by atoms with Gasteiger partial charge in [-0.05, 0) is 86.8 Å². The number of carbonyl (C=O) groups excluding carboxylic acids is 2. The molecule has 10 heteroatoms. The summed E-state index contributed by atoms with van der Waals surface area (Å²) in [7, 11) is -4.24. The first-order valence-electron chi connectivity index (χ1n) is 15.7. The van der Waals surface area contributed by atoms with Crippen molar-refractivity contribution < 1.29 is 27.1 Å². The van der Waals surface area contributed by atoms with Crippen molar-refractivity contribution in [3.63, 3.8) is 0 Å². The molecule has 0 aliphatic carbocycles. The van der Waals surface area contributed by atoms with Crippen LogP contribution in [0.3, 0.4) is 0 Å². The first-order chi connectivity index (χ1) is 22.5. The van der Waals surface area contributed by atoms with Gasteiger partial charge in [-0.15, -0.1) is 0 Å². The summed E-state index contributed by atoms with van der Waals surface area (Å²) in [5.74, 6) is -0.850. The molecule has 8 nitrogen and oxygen atoms in total. The third kappa shape index (κ3) is 9.42. The number of anilines is 1. The van der Waals surface area contributed by atoms with Crippen molar-refractivity contribution >= 4 is 27.5 Å². The van der Waals surface area contributed by atoms with Crippen LogP contribution in [0.2, 0.25) is 0 Å². The molecule has 0 radical (unpaired) electrons. The molecule has 4 aromatic rings. The highest BCUT2D eigenvalue weighted by molar-refractivity contribution is 7.92. The molecule has 0 spiro atoms. The fourth-order valence-electron chi connectivity index (χ4n) is 5.02. The second-order valence-corrected chi connectivity index (χ2v) is 13.3. The molecule has 0 heterocycles. The van der Waals surface area contributed by atoms with E-state index in [2.05, 4.69) is 5.32 Å². The minimum atomic E-state index is -4.24. The fraction of sp³-hybridized carbons (Fsp3) is 0.297. The SMILES string of the molecule is CCOc1ccc(N(CC(=O)N(Cc2ccc(F)cc2)[C@@H](Cc2ccccc2)C(=O)N[C@H](C)CC)S(=O)(=O)c2ccc(C)cc2)cc1. The highest BCUT2D eigenvalue weighted by Crippen LogP contribution is 2.27. The van der Waals surface area contributed by atoms with E-state index >= 15 is 0 Å². The third-order valence-corrected chi connectivity index (χ3v) is 9.65. The molecule has 2 amide bonds. The van der Waals surface area contributed by atoms with Crippen molar-refractivity contribution in [3.8, 4) is 5.75 Å². The summed E-state index contributed by atoms with van der Waals surface area (Å²) in [6, 6.07) is 26.7. The van der Waals surface area contributed by atoms with E-state index in [4.69, 9.17) is 4.74 Å². The van der Waals surface area contributed by atoms with Crippen molar-refractivity contribution in [2.75, 3.05) is 17.5 Å². The monoisotopic (exact) mass is 659 g/mol. The van der Waals surface area contributed by atoms with Crippen LogP contribution in [0.1, 0.15) is 43.9 Å². The number of nitrogens with one attached hydrogen (secondary N) is 1. The first-order valence-corrected chi connectivity index (χ1v) is 17.2. The van der Waals surface area contributed by atoms with Crippen LogP contribution in [0.4, 0.5) is 10.1 Å². The minimum Gasteiger partial charge on any atom is -0.494 e. The van der Waals surface area contributed by atoms with Crippen molar-refractivity contribution in [1.29, 1.82) is 0 Å². The Morgan fingerprint density at radius 3 is 2.09 bits per heavy atom. The summed E-state index contributed by atoms with van der Waals surface area (Å²) in [5, 5.41) is 3.01. The summed E-state index contributed by atoms with van der Waals surface area (Å²) in [6.07, 6.45) is 0.861. The summed E-state index contributed by atoms with van der Waals surface area (Å²) >= 11 is 0. The van der Waals surface area contributed by atoms with Gasteiger partial charge < -0.3 is 15.0 Å². The maximum absolute atomic E-state index is 14.5. The number of aryl methyl sites for hydroxylation is 1. The van der Waals surface area contributed by atoms with Gasteiger partial charge in [0.2, 0.25) is 11.8 Å². The van der Waals surface area contributed by atoms with E-state index in [1.807, 2.05) is 58.0 Å². The molecule has 0 aliphatic rings. The Morgan fingerprint density at radius 1 is 0.851 bits per heavy atom. The normalized spacial score (nSPS) is 12.5. The van der Waals surface area contributed by atoms with E-state index in [0.717, 1.165) is 15.4 Å². The second kappa shape index (κ2) is 16.2. The number of nitrogens with zero attached hydrogens (tertiary/aromatic N) is 2. The predicted molar refractivity (Wildman–Crippen MR) is 182 cm³/mol. The maximum Gasteiger partial charge on any atom is 0.264 e. The molecule has 0 bridgehead atoms. The molecule has 248 valence electrons. The van der Waals surface area contributed by atoms with E-state index in [-0.39, 0.29) is 35.5 Å². The number of benzene rings is 4. The average molecular weight is 660 g/mol. The number of ether oxygens (including phenoxy) is 1. The van der Waals surface area contributed by atoms with Crippen LogP contribution < -0.4 is 14.4 Å². The van der Waals surface area contributed by atoms with Crippen LogP contribution in [-0.4, -0.2) is 50.4 Å². The molecule has 0 unspecified atom stereocenters. The summed E-state index contributed by atoms with van der Waals surface area (Å²) in [6.45, 7) is 7.33. The van der Waals surface area contributed by atoms with E-state index in [1.54, 1.807) is 48.5 Å². The Balaban J connectivity index is 1.80. The number of hydrogen-bond donors (Lipinski definition) is 1. The highest BCUT2D eigenvalue weighted by Gasteiger charge is 2.35. The maximum atomic E-state index is 14.5. The first kappa shape index (κ1) is 35.2. The number of carbonyl (C=O) groups is 2. The zero-order chi connectivity index (χ0) is 34.0. The van der Waals surface area contributed by atoms with Crippen LogP contribution in [0, 0.1) is 12.7 Å². The molecule has 0 aromatic heterocycles. The van der Waals surface area contributed by atoms with E-state index in [9.17, 15) is 22.4 Å². The van der Waals surface area contributed by atoms with Crippen LogP contribution >= 0.6 is 0 Å². The zero-order valence-corrected chi connectivity index (χ0v) is 28.0. The number of halogens is 1. The van der Waals surface area contributed by atoms with Crippen molar-refractivity contribution in [2.45, 2.75) is 64.1 Å². The topological polar surface area (TPSA) is 96.0 Å². The lowest BCUT2D eigenvalue weighted by atomic mass is 10.0. The van der Waals surface area contributed by atoms with Gasteiger partial charge in [0.05, 0.1) is 17.2 Å². The molecule has 0 aliphatic heterocycles. The largest absolute Gasteiger partial charge is 0.494 e. The molecular weight excluding hydrogens is 617 g/mol. The van der Waals surface area contributed by atoms with Gasteiger partial charge in [0.15, 0.2) is 0 Å². The van der Waals surface area contributed by atoms with Gasteiger partial charge in [0.1, 0.15) is 24.2 Å². The summed E-state index contributed by atoms with van der Waals surface area (Å²) in [5.41, 5.74) is 2.55. The van der Waals surface area contributed by atoms with Crippen LogP contribution in [0.25, 0.3) is 0 Å².